The highest BCUT2D eigenvalue weighted by atomic mass is 16.5. The second-order valence-corrected chi connectivity index (χ2v) is 4.15. The monoisotopic (exact) mass is 219 g/mol. The number of anilines is 1. The first-order valence-corrected chi connectivity index (χ1v) is 5.71. The van der Waals surface area contributed by atoms with Gasteiger partial charge in [-0.25, -0.2) is 0 Å². The smallest absolute Gasteiger partial charge is 0.154 e. The second-order valence-electron chi connectivity index (χ2n) is 4.15. The Morgan fingerprint density at radius 1 is 1.44 bits per heavy atom. The van der Waals surface area contributed by atoms with Gasteiger partial charge in [0, 0.05) is 12.3 Å². The zero-order valence-electron chi connectivity index (χ0n) is 9.48. The summed E-state index contributed by atoms with van der Waals surface area (Å²) in [6, 6.07) is 9.57. The second kappa shape index (κ2) is 5.12. The van der Waals surface area contributed by atoms with E-state index in [1.807, 2.05) is 30.3 Å². The fourth-order valence-electron chi connectivity index (χ4n) is 2.04. The molecule has 0 bridgehead atoms. The number of nitrogens with one attached hydrogen (secondary N) is 1. The van der Waals surface area contributed by atoms with Gasteiger partial charge >= 0.3 is 0 Å². The molecule has 1 aliphatic heterocycles. The molecule has 0 radical (unpaired) electrons. The lowest BCUT2D eigenvalue weighted by molar-refractivity contribution is -0.120. The van der Waals surface area contributed by atoms with Gasteiger partial charge in [-0.05, 0) is 31.9 Å². The first kappa shape index (κ1) is 11.1. The summed E-state index contributed by atoms with van der Waals surface area (Å²) in [5.41, 5.74) is 0.971. The van der Waals surface area contributed by atoms with E-state index in [-0.39, 0.29) is 17.9 Å². The molecule has 16 heavy (non-hydrogen) atoms. The molecule has 1 aromatic rings. The Balaban J connectivity index is 2.05. The molecule has 86 valence electrons. The van der Waals surface area contributed by atoms with Gasteiger partial charge in [0.15, 0.2) is 5.78 Å². The lowest BCUT2D eigenvalue weighted by Gasteiger charge is -2.22. The summed E-state index contributed by atoms with van der Waals surface area (Å²) in [5.74, 6) is 0.135. The fourth-order valence-corrected chi connectivity index (χ4v) is 2.04. The van der Waals surface area contributed by atoms with E-state index >= 15 is 0 Å². The number of carbonyl (C=O) groups is 1. The van der Waals surface area contributed by atoms with Crippen LogP contribution < -0.4 is 5.32 Å². The standard InChI is InChI=1S/C13H17NO2/c1-10(15)13(12-8-5-9-16-12)14-11-6-3-2-4-7-11/h2-4,6-7,12-14H,5,8-9H2,1H3. The van der Waals surface area contributed by atoms with Crippen LogP contribution in [-0.2, 0) is 9.53 Å². The molecule has 0 saturated carbocycles. The zero-order valence-corrected chi connectivity index (χ0v) is 9.48. The van der Waals surface area contributed by atoms with Crippen molar-refractivity contribution in [3.05, 3.63) is 30.3 Å². The minimum Gasteiger partial charge on any atom is -0.376 e. The van der Waals surface area contributed by atoms with Crippen LogP contribution in [0.15, 0.2) is 30.3 Å². The van der Waals surface area contributed by atoms with Crippen LogP contribution in [0.4, 0.5) is 5.69 Å². The molecule has 1 N–H and O–H groups in total. The number of carbonyl (C=O) groups excluding carboxylic acids is 1. The van der Waals surface area contributed by atoms with Crippen LogP contribution in [0.2, 0.25) is 0 Å². The van der Waals surface area contributed by atoms with E-state index in [9.17, 15) is 4.79 Å². The van der Waals surface area contributed by atoms with Crippen molar-refractivity contribution in [3.8, 4) is 0 Å². The predicted octanol–water partition coefficient (Wildman–Crippen LogP) is 2.24. The third kappa shape index (κ3) is 2.61. The van der Waals surface area contributed by atoms with E-state index in [0.29, 0.717) is 0 Å². The molecule has 2 rings (SSSR count). The minimum absolute atomic E-state index is 0.0257. The maximum Gasteiger partial charge on any atom is 0.154 e. The van der Waals surface area contributed by atoms with Crippen LogP contribution in [-0.4, -0.2) is 24.5 Å². The molecule has 0 aliphatic carbocycles. The molecule has 0 aromatic heterocycles. The Kier molecular flexibility index (Phi) is 3.57. The Bertz CT molecular complexity index is 344. The van der Waals surface area contributed by atoms with Gasteiger partial charge in [-0.3, -0.25) is 4.79 Å². The van der Waals surface area contributed by atoms with Crippen LogP contribution in [0, 0.1) is 0 Å². The third-order valence-electron chi connectivity index (χ3n) is 2.87. The maximum absolute atomic E-state index is 11.6. The van der Waals surface area contributed by atoms with Crippen LogP contribution in [0.5, 0.6) is 0 Å². The molecule has 2 unspecified atom stereocenters. The Labute approximate surface area is 95.8 Å². The Morgan fingerprint density at radius 3 is 2.75 bits per heavy atom. The van der Waals surface area contributed by atoms with Gasteiger partial charge < -0.3 is 10.1 Å². The van der Waals surface area contributed by atoms with Crippen molar-refractivity contribution in [3.63, 3.8) is 0 Å². The number of hydrogen-bond donors (Lipinski definition) is 1. The molecule has 3 nitrogen and oxygen atoms in total. The van der Waals surface area contributed by atoms with Crippen molar-refractivity contribution < 1.29 is 9.53 Å². The van der Waals surface area contributed by atoms with E-state index in [2.05, 4.69) is 5.32 Å². The topological polar surface area (TPSA) is 38.3 Å². The molecule has 0 amide bonds. The fraction of sp³-hybridized carbons (Fsp3) is 0.462. The highest BCUT2D eigenvalue weighted by Crippen LogP contribution is 2.19. The summed E-state index contributed by atoms with van der Waals surface area (Å²) in [7, 11) is 0. The molecule has 3 heteroatoms. The summed E-state index contributed by atoms with van der Waals surface area (Å²) >= 11 is 0. The van der Waals surface area contributed by atoms with Crippen molar-refractivity contribution in [2.45, 2.75) is 31.9 Å². The SMILES string of the molecule is CC(=O)C(Nc1ccccc1)C1CCCO1. The van der Waals surface area contributed by atoms with Crippen LogP contribution in [0.1, 0.15) is 19.8 Å². The van der Waals surface area contributed by atoms with Crippen molar-refractivity contribution in [1.29, 1.82) is 0 Å². The Hall–Kier alpha value is -1.35. The number of rotatable bonds is 4. The molecule has 1 fully saturated rings. The van der Waals surface area contributed by atoms with Crippen LogP contribution >= 0.6 is 0 Å². The van der Waals surface area contributed by atoms with Crippen LogP contribution in [0.3, 0.4) is 0 Å². The van der Waals surface area contributed by atoms with E-state index in [0.717, 1.165) is 25.1 Å². The number of ketones is 1. The van der Waals surface area contributed by atoms with Gasteiger partial charge in [-0.1, -0.05) is 18.2 Å². The number of hydrogen-bond acceptors (Lipinski definition) is 3. The lowest BCUT2D eigenvalue weighted by Crippen LogP contribution is -2.39. The zero-order chi connectivity index (χ0) is 11.4. The molecular weight excluding hydrogens is 202 g/mol. The lowest BCUT2D eigenvalue weighted by atomic mass is 10.0. The molecule has 1 aliphatic rings. The molecule has 1 aromatic carbocycles. The normalized spacial score (nSPS) is 21.7. The van der Waals surface area contributed by atoms with Gasteiger partial charge in [-0.15, -0.1) is 0 Å². The first-order valence-electron chi connectivity index (χ1n) is 5.71. The largest absolute Gasteiger partial charge is 0.376 e. The maximum atomic E-state index is 11.6. The van der Waals surface area contributed by atoms with E-state index in [1.165, 1.54) is 0 Å². The predicted molar refractivity (Wildman–Crippen MR) is 63.5 cm³/mol. The summed E-state index contributed by atoms with van der Waals surface area (Å²) in [6.45, 7) is 2.38. The van der Waals surface area contributed by atoms with E-state index in [1.54, 1.807) is 6.92 Å². The van der Waals surface area contributed by atoms with Gasteiger partial charge in [-0.2, -0.15) is 0 Å². The highest BCUT2D eigenvalue weighted by Gasteiger charge is 2.29. The summed E-state index contributed by atoms with van der Waals surface area (Å²) in [4.78, 5) is 11.6. The third-order valence-corrected chi connectivity index (χ3v) is 2.87. The minimum atomic E-state index is -0.218. The molecule has 2 atom stereocenters. The highest BCUT2D eigenvalue weighted by molar-refractivity contribution is 5.85. The average molecular weight is 219 g/mol. The molecule has 1 saturated heterocycles. The summed E-state index contributed by atoms with van der Waals surface area (Å²) in [5, 5.41) is 3.25. The molecule has 1 heterocycles. The van der Waals surface area contributed by atoms with E-state index < -0.39 is 0 Å². The van der Waals surface area contributed by atoms with Crippen molar-refractivity contribution in [2.24, 2.45) is 0 Å². The molecular formula is C13H17NO2. The van der Waals surface area contributed by atoms with Crippen LogP contribution in [0.25, 0.3) is 0 Å². The molecule has 0 spiro atoms. The number of Topliss-reactive ketones (excluding diaryl/α,β-unsaturated/α-hetero) is 1. The van der Waals surface area contributed by atoms with Gasteiger partial charge in [0.25, 0.3) is 0 Å². The summed E-state index contributed by atoms with van der Waals surface area (Å²) in [6.07, 6.45) is 2.03. The van der Waals surface area contributed by atoms with Crippen molar-refractivity contribution in [1.82, 2.24) is 0 Å². The van der Waals surface area contributed by atoms with E-state index in [4.69, 9.17) is 4.74 Å². The van der Waals surface area contributed by atoms with Crippen molar-refractivity contribution >= 4 is 11.5 Å². The Morgan fingerprint density at radius 2 is 2.19 bits per heavy atom. The average Bonchev–Trinajstić information content (AvgIpc) is 2.80. The number of para-hydroxylation sites is 1. The van der Waals surface area contributed by atoms with Gasteiger partial charge in [0.05, 0.1) is 6.10 Å². The quantitative estimate of drug-likeness (QED) is 0.844. The van der Waals surface area contributed by atoms with Gasteiger partial charge in [0.1, 0.15) is 6.04 Å². The van der Waals surface area contributed by atoms with Gasteiger partial charge in [0.2, 0.25) is 0 Å². The number of ether oxygens (including phenoxy) is 1. The number of benzene rings is 1. The first-order chi connectivity index (χ1) is 7.77. The van der Waals surface area contributed by atoms with Crippen molar-refractivity contribution in [2.75, 3.05) is 11.9 Å². The summed E-state index contributed by atoms with van der Waals surface area (Å²) < 4.78 is 5.57.